The Morgan fingerprint density at radius 3 is 2.65 bits per heavy atom. The second-order valence-corrected chi connectivity index (χ2v) is 7.88. The van der Waals surface area contributed by atoms with Gasteiger partial charge in [0.15, 0.2) is 5.82 Å². The van der Waals surface area contributed by atoms with Gasteiger partial charge < -0.3 is 0 Å². The van der Waals surface area contributed by atoms with E-state index in [1.807, 2.05) is 24.3 Å². The fourth-order valence-corrected chi connectivity index (χ4v) is 4.02. The van der Waals surface area contributed by atoms with Gasteiger partial charge in [-0.2, -0.15) is 10.2 Å². The van der Waals surface area contributed by atoms with E-state index in [0.717, 1.165) is 16.5 Å². The number of benzene rings is 3. The number of aromatic amines is 1. The van der Waals surface area contributed by atoms with Crippen LogP contribution in [0.15, 0.2) is 73.1 Å². The van der Waals surface area contributed by atoms with Crippen LogP contribution in [0.5, 0.6) is 0 Å². The maximum Gasteiger partial charge on any atom is 0.263 e. The van der Waals surface area contributed by atoms with Crippen LogP contribution in [-0.2, 0) is 6.54 Å². The predicted molar refractivity (Wildman–Crippen MR) is 120 cm³/mol. The highest BCUT2D eigenvalue weighted by atomic mass is 19.3. The van der Waals surface area contributed by atoms with Gasteiger partial charge >= 0.3 is 0 Å². The second-order valence-electron chi connectivity index (χ2n) is 7.88. The number of aromatic nitrogens is 7. The molecule has 1 N–H and O–H groups in total. The van der Waals surface area contributed by atoms with Crippen molar-refractivity contribution < 1.29 is 13.2 Å². The van der Waals surface area contributed by atoms with Gasteiger partial charge in [0, 0.05) is 22.7 Å². The van der Waals surface area contributed by atoms with Crippen molar-refractivity contribution in [2.45, 2.75) is 13.0 Å². The third kappa shape index (κ3) is 3.40. The van der Waals surface area contributed by atoms with Gasteiger partial charge in [0.2, 0.25) is 0 Å². The van der Waals surface area contributed by atoms with E-state index in [9.17, 15) is 8.78 Å². The first kappa shape index (κ1) is 20.2. The van der Waals surface area contributed by atoms with Crippen LogP contribution in [-0.4, -0.2) is 35.0 Å². The lowest BCUT2D eigenvalue weighted by molar-refractivity contribution is 0.151. The number of alkyl halides is 2. The predicted octanol–water partition coefficient (Wildman–Crippen LogP) is 5.29. The van der Waals surface area contributed by atoms with Gasteiger partial charge in [0.1, 0.15) is 5.52 Å². The highest BCUT2D eigenvalue weighted by Crippen LogP contribution is 2.28. The molecule has 3 aromatic carbocycles. The minimum Gasteiger partial charge on any atom is -0.278 e. The molecule has 0 bridgehead atoms. The molecule has 0 saturated heterocycles. The van der Waals surface area contributed by atoms with Gasteiger partial charge in [-0.1, -0.05) is 29.5 Å². The van der Waals surface area contributed by atoms with Crippen LogP contribution in [0.2, 0.25) is 0 Å². The molecule has 0 aliphatic rings. The minimum atomic E-state index is -2.52. The Kier molecular flexibility index (Phi) is 4.65. The van der Waals surface area contributed by atoms with Gasteiger partial charge in [-0.05, 0) is 42.0 Å². The first-order valence-electron chi connectivity index (χ1n) is 10.4. The summed E-state index contributed by atoms with van der Waals surface area (Å²) in [7, 11) is 0. The van der Waals surface area contributed by atoms with E-state index < -0.39 is 12.2 Å². The van der Waals surface area contributed by atoms with Crippen LogP contribution < -0.4 is 0 Å². The summed E-state index contributed by atoms with van der Waals surface area (Å²) >= 11 is 0. The molecule has 6 aromatic rings. The molecule has 34 heavy (non-hydrogen) atoms. The van der Waals surface area contributed by atoms with Gasteiger partial charge in [-0.25, -0.2) is 17.9 Å². The molecule has 168 valence electrons. The maximum absolute atomic E-state index is 15.0. The molecule has 7 nitrogen and oxygen atoms in total. The van der Waals surface area contributed by atoms with Crippen LogP contribution in [0.4, 0.5) is 13.2 Å². The number of fused-ring (bicyclic) bond motifs is 2. The van der Waals surface area contributed by atoms with E-state index >= 15 is 4.39 Å². The van der Waals surface area contributed by atoms with Crippen LogP contribution >= 0.6 is 0 Å². The number of hydrogen-bond acceptors (Lipinski definition) is 4. The molecule has 0 atom stereocenters. The Morgan fingerprint density at radius 2 is 1.82 bits per heavy atom. The van der Waals surface area contributed by atoms with E-state index in [0.29, 0.717) is 29.0 Å². The molecule has 0 radical (unpaired) electrons. The van der Waals surface area contributed by atoms with Gasteiger partial charge in [-0.15, -0.1) is 5.10 Å². The minimum absolute atomic E-state index is 0.0361. The van der Waals surface area contributed by atoms with Crippen molar-refractivity contribution in [3.63, 3.8) is 0 Å². The molecular weight excluding hydrogens is 443 g/mol. The molecular formula is C24H16F3N7. The second kappa shape index (κ2) is 7.84. The molecule has 0 aliphatic carbocycles. The molecule has 0 amide bonds. The molecule has 0 unspecified atom stereocenters. The van der Waals surface area contributed by atoms with E-state index in [1.54, 1.807) is 40.0 Å². The first-order chi connectivity index (χ1) is 16.6. The molecule has 0 saturated carbocycles. The summed E-state index contributed by atoms with van der Waals surface area (Å²) in [6.07, 6.45) is 0.821. The maximum atomic E-state index is 15.0. The molecule has 10 heteroatoms. The smallest absolute Gasteiger partial charge is 0.263 e. The highest BCUT2D eigenvalue weighted by Gasteiger charge is 2.16. The first-order valence-corrected chi connectivity index (χ1v) is 10.4. The largest absolute Gasteiger partial charge is 0.278 e. The van der Waals surface area contributed by atoms with Crippen LogP contribution in [0, 0.1) is 5.82 Å². The zero-order valence-corrected chi connectivity index (χ0v) is 17.5. The Morgan fingerprint density at radius 1 is 0.971 bits per heavy atom. The average molecular weight is 459 g/mol. The number of halogens is 3. The quantitative estimate of drug-likeness (QED) is 0.380. The monoisotopic (exact) mass is 459 g/mol. The molecule has 3 aromatic heterocycles. The summed E-state index contributed by atoms with van der Waals surface area (Å²) in [6.45, 7) is 0.347. The zero-order chi connectivity index (χ0) is 23.2. The Bertz CT molecular complexity index is 1630. The number of nitrogens with zero attached hydrogens (tertiary/aromatic N) is 6. The lowest BCUT2D eigenvalue weighted by Gasteiger charge is -2.10. The molecule has 0 fully saturated rings. The topological polar surface area (TPSA) is 77.2 Å². The third-order valence-electron chi connectivity index (χ3n) is 5.75. The van der Waals surface area contributed by atoms with Crippen LogP contribution in [0.3, 0.4) is 0 Å². The summed E-state index contributed by atoms with van der Waals surface area (Å²) in [5.41, 5.74) is 4.23. The lowest BCUT2D eigenvalue weighted by atomic mass is 10.1. The summed E-state index contributed by atoms with van der Waals surface area (Å²) in [6, 6.07) is 16.7. The standard InChI is InChI=1S/C24H16F3N7/c25-19-9-17(21-7-8-29-33(21)13-14-1-3-15(4-2-14)24(26)27)10-22-23(19)31-32-34(22)18-6-5-16-12-28-30-20(16)11-18/h1-12,24H,13H2,(H,28,30). The van der Waals surface area contributed by atoms with Crippen molar-refractivity contribution in [2.24, 2.45) is 0 Å². The number of H-pyrrole nitrogens is 1. The van der Waals surface area contributed by atoms with Gasteiger partial charge in [0.05, 0.1) is 35.2 Å². The molecule has 0 spiro atoms. The summed E-state index contributed by atoms with van der Waals surface area (Å²) in [5, 5.41) is 20.4. The normalized spacial score (nSPS) is 11.8. The Hall–Kier alpha value is -4.47. The lowest BCUT2D eigenvalue weighted by Crippen LogP contribution is -2.04. The molecule has 0 aliphatic heterocycles. The van der Waals surface area contributed by atoms with Crippen molar-refractivity contribution in [3.05, 3.63) is 90.0 Å². The molecule has 3 heterocycles. The molecule has 6 rings (SSSR count). The average Bonchev–Trinajstić information content (AvgIpc) is 3.58. The number of hydrogen-bond donors (Lipinski definition) is 1. The summed E-state index contributed by atoms with van der Waals surface area (Å²) in [4.78, 5) is 0. The van der Waals surface area contributed by atoms with E-state index in [-0.39, 0.29) is 11.1 Å². The third-order valence-corrected chi connectivity index (χ3v) is 5.75. The highest BCUT2D eigenvalue weighted by molar-refractivity contribution is 5.85. The van der Waals surface area contributed by atoms with E-state index in [2.05, 4.69) is 25.6 Å². The number of nitrogens with one attached hydrogen (secondary N) is 1. The number of rotatable bonds is 5. The fraction of sp³-hybridized carbons (Fsp3) is 0.0833. The van der Waals surface area contributed by atoms with Crippen molar-refractivity contribution >= 4 is 21.9 Å². The van der Waals surface area contributed by atoms with Crippen LogP contribution in [0.1, 0.15) is 17.6 Å². The summed E-state index contributed by atoms with van der Waals surface area (Å²) in [5.74, 6) is -0.504. The summed E-state index contributed by atoms with van der Waals surface area (Å²) < 4.78 is 44.0. The van der Waals surface area contributed by atoms with Crippen LogP contribution in [0.25, 0.3) is 38.9 Å². The Balaban J connectivity index is 1.40. The van der Waals surface area contributed by atoms with Crippen molar-refractivity contribution in [1.29, 1.82) is 0 Å². The Labute approximate surface area is 190 Å². The zero-order valence-electron chi connectivity index (χ0n) is 17.5. The van der Waals surface area contributed by atoms with E-state index in [1.165, 1.54) is 18.2 Å². The van der Waals surface area contributed by atoms with Crippen molar-refractivity contribution in [1.82, 2.24) is 35.0 Å². The van der Waals surface area contributed by atoms with E-state index in [4.69, 9.17) is 0 Å². The van der Waals surface area contributed by atoms with Gasteiger partial charge in [0.25, 0.3) is 6.43 Å². The van der Waals surface area contributed by atoms with Gasteiger partial charge in [-0.3, -0.25) is 9.78 Å². The van der Waals surface area contributed by atoms with Crippen molar-refractivity contribution in [2.75, 3.05) is 0 Å². The van der Waals surface area contributed by atoms with Crippen molar-refractivity contribution in [3.8, 4) is 16.9 Å². The SMILES string of the molecule is Fc1cc(-c2ccnn2Cc2ccc(C(F)F)cc2)cc2c1nnn2-c1ccc2cn[nH]c2c1. The fourth-order valence-electron chi connectivity index (χ4n) is 4.02.